The zero-order valence-corrected chi connectivity index (χ0v) is 58.6. The Bertz CT molecular complexity index is 3600. The SMILES string of the molecule is CO[C@H]1CN(c2nc(-c3cc(C)ccc3OCc3ccc4c(c3C)CCN(C3CCOCC3)C4=O)cs2)CC[C@H]1C(=O)OC(C)(C)C.CO[C@H]1CN(c2nc(-c3cccc(C)c3OCc3ccc4c(c3C)CCN(C3CCOCC3)C4=O)cs2)CC[C@H]1C(=O)OC(C)(C)C. The Morgan fingerprint density at radius 3 is 1.50 bits per heavy atom. The van der Waals surface area contributed by atoms with Crippen molar-refractivity contribution in [1.82, 2.24) is 19.8 Å². The average molecular weight is 1320 g/mol. The predicted molar refractivity (Wildman–Crippen MR) is 367 cm³/mol. The highest BCUT2D eigenvalue weighted by molar-refractivity contribution is 7.14. The van der Waals surface area contributed by atoms with Crippen LogP contribution in [0.25, 0.3) is 22.5 Å². The number of methoxy groups -OCH3 is 2. The summed E-state index contributed by atoms with van der Waals surface area (Å²) < 4.78 is 47.0. The van der Waals surface area contributed by atoms with Gasteiger partial charge in [-0.15, -0.1) is 22.7 Å². The minimum absolute atomic E-state index is 0.139. The number of carbonyl (C=O) groups is 4. The van der Waals surface area contributed by atoms with Gasteiger partial charge in [-0.3, -0.25) is 19.2 Å². The fourth-order valence-corrected chi connectivity index (χ4v) is 15.7. The van der Waals surface area contributed by atoms with Gasteiger partial charge in [0.25, 0.3) is 11.8 Å². The molecule has 94 heavy (non-hydrogen) atoms. The molecule has 12 rings (SSSR count). The summed E-state index contributed by atoms with van der Waals surface area (Å²) in [6.07, 6.45) is 6.07. The van der Waals surface area contributed by atoms with Crippen molar-refractivity contribution in [3.8, 4) is 34.0 Å². The number of aromatic nitrogens is 2. The Labute approximate surface area is 562 Å². The molecular formula is C74H94N6O12S2. The average Bonchev–Trinajstić information content (AvgIpc) is 0.909. The molecule has 6 aromatic rings. The molecule has 18 nitrogen and oxygen atoms in total. The molecule has 0 N–H and O–H groups in total. The van der Waals surface area contributed by atoms with E-state index in [9.17, 15) is 19.2 Å². The number of hydrogen-bond acceptors (Lipinski definition) is 18. The standard InChI is InChI=1S/2C37H47N3O6S/c1-23-7-10-32(45-21-25-8-9-28-27(24(25)2)12-16-40(34(28)41)26-13-17-44-18-14-26)30(19-23)31-22-47-36(38-31)39-15-11-29(33(20-39)43-6)35(42)46-37(3,4)5;1-23-8-7-9-29(31-22-47-36(38-31)39-16-12-30(32(20-39)43-6)35(42)46-37(3,4)5)33(23)45-21-25-10-11-28-27(24(25)2)13-17-40(34(28)41)26-14-18-44-19-15-26/h7-10,19,22,26,29,33H,11-18,20-21H2,1-6H3;7-11,22,26,30,32H,12-21H2,1-6H3/t29-,33+;30-,32+/m11/s1. The van der Waals surface area contributed by atoms with Crippen LogP contribution in [0.4, 0.5) is 10.3 Å². The monoisotopic (exact) mass is 1320 g/mol. The van der Waals surface area contributed by atoms with Crippen LogP contribution in [0.15, 0.2) is 71.4 Å². The molecule has 0 aliphatic carbocycles. The number of amides is 2. The van der Waals surface area contributed by atoms with Crippen molar-refractivity contribution in [2.24, 2.45) is 11.8 Å². The van der Waals surface area contributed by atoms with Crippen LogP contribution in [0.3, 0.4) is 0 Å². The second-order valence-electron chi connectivity index (χ2n) is 27.8. The van der Waals surface area contributed by atoms with Crippen LogP contribution in [0.2, 0.25) is 0 Å². The molecule has 4 saturated heterocycles. The summed E-state index contributed by atoms with van der Waals surface area (Å²) in [5.74, 6) is 0.836. The van der Waals surface area contributed by atoms with Gasteiger partial charge in [0, 0.05) is 125 Å². The van der Waals surface area contributed by atoms with E-state index >= 15 is 0 Å². The lowest BCUT2D eigenvalue weighted by Crippen LogP contribution is -2.49. The zero-order valence-electron chi connectivity index (χ0n) is 56.9. The van der Waals surface area contributed by atoms with E-state index in [1.54, 1.807) is 36.9 Å². The fourth-order valence-electron chi connectivity index (χ4n) is 14.0. The smallest absolute Gasteiger partial charge is 0.312 e. The number of benzene rings is 4. The molecule has 0 bridgehead atoms. The molecule has 2 aromatic heterocycles. The molecule has 504 valence electrons. The van der Waals surface area contributed by atoms with E-state index < -0.39 is 11.2 Å². The van der Waals surface area contributed by atoms with Crippen LogP contribution in [-0.2, 0) is 64.1 Å². The van der Waals surface area contributed by atoms with Gasteiger partial charge in [-0.05, 0) is 190 Å². The molecule has 4 fully saturated rings. The number of anilines is 2. The van der Waals surface area contributed by atoms with Gasteiger partial charge in [0.2, 0.25) is 0 Å². The minimum Gasteiger partial charge on any atom is -0.488 e. The first-order chi connectivity index (χ1) is 45.1. The Balaban J connectivity index is 0.000000192. The van der Waals surface area contributed by atoms with Crippen LogP contribution >= 0.6 is 22.7 Å². The lowest BCUT2D eigenvalue weighted by atomic mass is 9.90. The number of rotatable bonds is 16. The molecular weight excluding hydrogens is 1230 g/mol. The third-order valence-corrected chi connectivity index (χ3v) is 21.0. The first-order valence-corrected chi connectivity index (χ1v) is 35.2. The quantitative estimate of drug-likeness (QED) is 0.0834. The summed E-state index contributed by atoms with van der Waals surface area (Å²) in [6, 6.07) is 20.9. The van der Waals surface area contributed by atoms with Gasteiger partial charge >= 0.3 is 11.9 Å². The highest BCUT2D eigenvalue weighted by Gasteiger charge is 2.41. The molecule has 0 saturated carbocycles. The van der Waals surface area contributed by atoms with E-state index in [0.29, 0.717) is 52.2 Å². The Morgan fingerprint density at radius 2 is 1.03 bits per heavy atom. The fraction of sp³-hybridized carbons (Fsp3) is 0.541. The number of hydrogen-bond donors (Lipinski definition) is 0. The van der Waals surface area contributed by atoms with E-state index in [1.165, 1.54) is 0 Å². The van der Waals surface area contributed by atoms with Crippen molar-refractivity contribution < 1.29 is 57.1 Å². The molecule has 0 radical (unpaired) electrons. The minimum atomic E-state index is -0.533. The van der Waals surface area contributed by atoms with E-state index in [1.807, 2.05) is 77.9 Å². The maximum atomic E-state index is 13.5. The Kier molecular flexibility index (Phi) is 21.5. The highest BCUT2D eigenvalue weighted by Crippen LogP contribution is 2.41. The first kappa shape index (κ1) is 68.4. The third kappa shape index (κ3) is 15.6. The molecule has 0 unspecified atom stereocenters. The van der Waals surface area contributed by atoms with Gasteiger partial charge < -0.3 is 57.5 Å². The normalized spacial score (nSPS) is 20.7. The van der Waals surface area contributed by atoms with Gasteiger partial charge in [0.05, 0.1) is 35.4 Å². The summed E-state index contributed by atoms with van der Waals surface area (Å²) in [6.45, 7) is 27.4. The number of aryl methyl sites for hydroxylation is 2. The number of carbonyl (C=O) groups excluding carboxylic acids is 4. The van der Waals surface area contributed by atoms with Gasteiger partial charge in [0.1, 0.15) is 35.9 Å². The molecule has 2 amide bonds. The van der Waals surface area contributed by atoms with Crippen molar-refractivity contribution >= 4 is 56.7 Å². The number of esters is 2. The lowest BCUT2D eigenvalue weighted by Gasteiger charge is -2.38. The number of fused-ring (bicyclic) bond motifs is 2. The topological polar surface area (TPSA) is 181 Å². The maximum absolute atomic E-state index is 13.5. The van der Waals surface area contributed by atoms with Crippen LogP contribution in [0.1, 0.15) is 145 Å². The van der Waals surface area contributed by atoms with Gasteiger partial charge in [-0.1, -0.05) is 35.9 Å². The molecule has 6 aliphatic rings. The van der Waals surface area contributed by atoms with E-state index in [2.05, 4.69) is 82.3 Å². The number of nitrogens with zero attached hydrogens (tertiary/aromatic N) is 6. The van der Waals surface area contributed by atoms with Crippen molar-refractivity contribution in [1.29, 1.82) is 0 Å². The largest absolute Gasteiger partial charge is 0.488 e. The second-order valence-corrected chi connectivity index (χ2v) is 29.5. The van der Waals surface area contributed by atoms with Crippen LogP contribution < -0.4 is 19.3 Å². The van der Waals surface area contributed by atoms with Crippen molar-refractivity contribution in [3.63, 3.8) is 0 Å². The molecule has 4 aromatic carbocycles. The van der Waals surface area contributed by atoms with Crippen LogP contribution in [-0.4, -0.2) is 159 Å². The molecule has 4 atom stereocenters. The second kappa shape index (κ2) is 29.6. The number of para-hydroxylation sites is 1. The van der Waals surface area contributed by atoms with Crippen LogP contribution in [0.5, 0.6) is 11.5 Å². The summed E-state index contributed by atoms with van der Waals surface area (Å²) in [5.41, 5.74) is 13.0. The van der Waals surface area contributed by atoms with Crippen LogP contribution in [0, 0.1) is 39.5 Å². The van der Waals surface area contributed by atoms with E-state index in [-0.39, 0.29) is 59.9 Å². The molecule has 6 aliphatic heterocycles. The maximum Gasteiger partial charge on any atom is 0.312 e. The zero-order chi connectivity index (χ0) is 66.6. The van der Waals surface area contributed by atoms with Gasteiger partial charge in [-0.2, -0.15) is 0 Å². The summed E-state index contributed by atoms with van der Waals surface area (Å²) in [5, 5.41) is 5.92. The van der Waals surface area contributed by atoms with E-state index in [4.69, 9.17) is 47.9 Å². The lowest BCUT2D eigenvalue weighted by molar-refractivity contribution is -0.166. The first-order valence-electron chi connectivity index (χ1n) is 33.4. The summed E-state index contributed by atoms with van der Waals surface area (Å²) >= 11 is 3.17. The summed E-state index contributed by atoms with van der Waals surface area (Å²) in [7, 11) is 3.30. The summed E-state index contributed by atoms with van der Waals surface area (Å²) in [4.78, 5) is 71.2. The molecule has 0 spiro atoms. The van der Waals surface area contributed by atoms with Crippen molar-refractivity contribution in [2.75, 3.05) is 89.7 Å². The van der Waals surface area contributed by atoms with E-state index in [0.717, 1.165) is 178 Å². The Hall–Kier alpha value is -6.94. The molecule has 8 heterocycles. The highest BCUT2D eigenvalue weighted by atomic mass is 32.1. The van der Waals surface area contributed by atoms with Crippen molar-refractivity contribution in [3.05, 3.63) is 127 Å². The third-order valence-electron chi connectivity index (χ3n) is 19.2. The predicted octanol–water partition coefficient (Wildman–Crippen LogP) is 12.7. The molecule has 20 heteroatoms. The Morgan fingerprint density at radius 1 is 0.564 bits per heavy atom. The number of thiazole rings is 2. The van der Waals surface area contributed by atoms with Crippen molar-refractivity contribution in [2.45, 2.75) is 169 Å². The number of ether oxygens (including phenoxy) is 8. The van der Waals surface area contributed by atoms with Gasteiger partial charge in [0.15, 0.2) is 10.3 Å². The van der Waals surface area contributed by atoms with Gasteiger partial charge in [-0.25, -0.2) is 9.97 Å². The number of piperidine rings is 2.